The van der Waals surface area contributed by atoms with Crippen LogP contribution < -0.4 is 4.90 Å². The van der Waals surface area contributed by atoms with E-state index in [4.69, 9.17) is 11.6 Å². The molecular weight excluding hydrogens is 390 g/mol. The number of likely N-dealkylation sites (tertiary alicyclic amines) is 1. The molecule has 6 nitrogen and oxygen atoms in total. The molecule has 2 saturated heterocycles. The van der Waals surface area contributed by atoms with E-state index in [1.165, 1.54) is 4.90 Å². The highest BCUT2D eigenvalue weighted by atomic mass is 35.5. The molecule has 150 valence electrons. The molecule has 0 spiro atoms. The molecule has 1 unspecified atom stereocenters. The Morgan fingerprint density at radius 2 is 1.59 bits per heavy atom. The van der Waals surface area contributed by atoms with Crippen LogP contribution in [0.15, 0.2) is 54.6 Å². The van der Waals surface area contributed by atoms with Gasteiger partial charge in [-0.2, -0.15) is 0 Å². The van der Waals surface area contributed by atoms with Gasteiger partial charge in [-0.3, -0.25) is 14.4 Å². The van der Waals surface area contributed by atoms with Crippen LogP contribution in [0.5, 0.6) is 0 Å². The Hall–Kier alpha value is -2.86. The fourth-order valence-electron chi connectivity index (χ4n) is 3.99. The van der Waals surface area contributed by atoms with Gasteiger partial charge >= 0.3 is 11.8 Å². The van der Waals surface area contributed by atoms with E-state index in [1.807, 2.05) is 35.2 Å². The number of halogens is 1. The summed E-state index contributed by atoms with van der Waals surface area (Å²) >= 11 is 6.18. The Morgan fingerprint density at radius 1 is 0.862 bits per heavy atom. The van der Waals surface area contributed by atoms with Gasteiger partial charge in [0.2, 0.25) is 5.91 Å². The van der Waals surface area contributed by atoms with Gasteiger partial charge in [0.05, 0.1) is 10.7 Å². The largest absolute Gasteiger partial charge is 0.338 e. The van der Waals surface area contributed by atoms with Crippen molar-refractivity contribution in [2.24, 2.45) is 5.92 Å². The molecule has 0 bridgehead atoms. The zero-order valence-electron chi connectivity index (χ0n) is 16.0. The molecule has 7 heteroatoms. The Labute approximate surface area is 174 Å². The zero-order valence-corrected chi connectivity index (χ0v) is 16.7. The predicted octanol–water partition coefficient (Wildman–Crippen LogP) is 2.56. The standard InChI is InChI=1S/C22H22ClN3O3/c23-18-8-4-5-9-19(18)26-11-10-24(21(28)22(26)29)14-17-12-20(27)25(15-17)13-16-6-2-1-3-7-16/h1-9,17H,10-15H2. The van der Waals surface area contributed by atoms with Crippen molar-refractivity contribution in [3.05, 3.63) is 65.2 Å². The monoisotopic (exact) mass is 411 g/mol. The smallest absolute Gasteiger partial charge is 0.316 e. The van der Waals surface area contributed by atoms with Crippen LogP contribution >= 0.6 is 11.6 Å². The molecule has 0 N–H and O–H groups in total. The van der Waals surface area contributed by atoms with Gasteiger partial charge in [-0.15, -0.1) is 0 Å². The van der Waals surface area contributed by atoms with E-state index in [-0.39, 0.29) is 11.8 Å². The highest BCUT2D eigenvalue weighted by molar-refractivity contribution is 6.42. The van der Waals surface area contributed by atoms with E-state index >= 15 is 0 Å². The molecule has 2 aliphatic rings. The zero-order chi connectivity index (χ0) is 20.4. The number of anilines is 1. The van der Waals surface area contributed by atoms with E-state index in [1.54, 1.807) is 29.2 Å². The number of piperazine rings is 1. The second kappa shape index (κ2) is 8.25. The van der Waals surface area contributed by atoms with Crippen LogP contribution in [0.25, 0.3) is 0 Å². The number of para-hydroxylation sites is 1. The Bertz CT molecular complexity index is 934. The molecule has 4 rings (SSSR count). The number of rotatable bonds is 5. The number of amides is 3. The molecule has 2 aromatic rings. The van der Waals surface area contributed by atoms with Crippen LogP contribution in [0.3, 0.4) is 0 Å². The first-order valence-corrected chi connectivity index (χ1v) is 10.1. The minimum Gasteiger partial charge on any atom is -0.338 e. The van der Waals surface area contributed by atoms with Gasteiger partial charge in [0.1, 0.15) is 0 Å². The lowest BCUT2D eigenvalue weighted by Gasteiger charge is -2.35. The fraction of sp³-hybridized carbons (Fsp3) is 0.318. The molecule has 2 heterocycles. The molecule has 2 aliphatic heterocycles. The Morgan fingerprint density at radius 3 is 2.34 bits per heavy atom. The van der Waals surface area contributed by atoms with Crippen molar-refractivity contribution in [3.8, 4) is 0 Å². The van der Waals surface area contributed by atoms with Crippen molar-refractivity contribution in [3.63, 3.8) is 0 Å². The number of hydrogen-bond donors (Lipinski definition) is 0. The molecule has 3 amide bonds. The summed E-state index contributed by atoms with van der Waals surface area (Å²) in [6.45, 7) is 2.41. The molecule has 0 saturated carbocycles. The number of hydrogen-bond acceptors (Lipinski definition) is 3. The minimum atomic E-state index is -0.574. The van der Waals surface area contributed by atoms with Crippen molar-refractivity contribution < 1.29 is 14.4 Å². The average Bonchev–Trinajstić information content (AvgIpc) is 3.06. The van der Waals surface area contributed by atoms with Crippen LogP contribution in [0.1, 0.15) is 12.0 Å². The number of benzene rings is 2. The molecule has 29 heavy (non-hydrogen) atoms. The van der Waals surface area contributed by atoms with Crippen LogP contribution in [-0.4, -0.2) is 53.7 Å². The molecule has 2 aromatic carbocycles. The molecule has 2 fully saturated rings. The molecular formula is C22H22ClN3O3. The van der Waals surface area contributed by atoms with Gasteiger partial charge in [-0.05, 0) is 17.7 Å². The fourth-order valence-corrected chi connectivity index (χ4v) is 4.23. The highest BCUT2D eigenvalue weighted by Gasteiger charge is 2.37. The number of carbonyl (C=O) groups excluding carboxylic acids is 3. The van der Waals surface area contributed by atoms with Gasteiger partial charge in [-0.1, -0.05) is 54.1 Å². The average molecular weight is 412 g/mol. The Kier molecular flexibility index (Phi) is 5.53. The maximum absolute atomic E-state index is 12.7. The summed E-state index contributed by atoms with van der Waals surface area (Å²) < 4.78 is 0. The van der Waals surface area contributed by atoms with Crippen LogP contribution in [0.4, 0.5) is 5.69 Å². The van der Waals surface area contributed by atoms with Gasteiger partial charge in [0.25, 0.3) is 0 Å². The summed E-state index contributed by atoms with van der Waals surface area (Å²) in [6.07, 6.45) is 0.402. The third-order valence-corrected chi connectivity index (χ3v) is 5.76. The van der Waals surface area contributed by atoms with E-state index in [0.717, 1.165) is 5.56 Å². The van der Waals surface area contributed by atoms with E-state index < -0.39 is 11.8 Å². The van der Waals surface area contributed by atoms with E-state index in [0.29, 0.717) is 49.9 Å². The molecule has 1 atom stereocenters. The predicted molar refractivity (Wildman–Crippen MR) is 110 cm³/mol. The first kappa shape index (κ1) is 19.5. The van der Waals surface area contributed by atoms with E-state index in [9.17, 15) is 14.4 Å². The van der Waals surface area contributed by atoms with Crippen molar-refractivity contribution in [1.29, 1.82) is 0 Å². The third-order valence-electron chi connectivity index (χ3n) is 5.44. The molecule has 0 radical (unpaired) electrons. The molecule has 0 aliphatic carbocycles. The topological polar surface area (TPSA) is 60.9 Å². The molecule has 0 aromatic heterocycles. The van der Waals surface area contributed by atoms with Crippen molar-refractivity contribution in [2.75, 3.05) is 31.1 Å². The van der Waals surface area contributed by atoms with Crippen LogP contribution in [0, 0.1) is 5.92 Å². The van der Waals surface area contributed by atoms with E-state index in [2.05, 4.69) is 0 Å². The summed E-state index contributed by atoms with van der Waals surface area (Å²) in [5, 5.41) is 0.444. The maximum Gasteiger partial charge on any atom is 0.316 e. The van der Waals surface area contributed by atoms with Gasteiger partial charge < -0.3 is 14.7 Å². The van der Waals surface area contributed by atoms with Gasteiger partial charge in [0.15, 0.2) is 0 Å². The van der Waals surface area contributed by atoms with Crippen LogP contribution in [0.2, 0.25) is 5.02 Å². The Balaban J connectivity index is 1.37. The summed E-state index contributed by atoms with van der Waals surface area (Å²) in [5.41, 5.74) is 1.64. The second-order valence-electron chi connectivity index (χ2n) is 7.49. The SMILES string of the molecule is O=C1CC(CN2CCN(c3ccccc3Cl)C(=O)C2=O)CN1Cc1ccccc1. The first-order chi connectivity index (χ1) is 14.0. The van der Waals surface area contributed by atoms with Crippen molar-refractivity contribution >= 4 is 35.0 Å². The maximum atomic E-state index is 12.7. The minimum absolute atomic E-state index is 0.0369. The number of nitrogens with zero attached hydrogens (tertiary/aromatic N) is 3. The van der Waals surface area contributed by atoms with Gasteiger partial charge in [-0.25, -0.2) is 0 Å². The summed E-state index contributed by atoms with van der Waals surface area (Å²) in [6, 6.07) is 16.9. The lowest BCUT2D eigenvalue weighted by Crippen LogP contribution is -2.55. The summed E-state index contributed by atoms with van der Waals surface area (Å²) in [4.78, 5) is 42.5. The lowest BCUT2D eigenvalue weighted by atomic mass is 10.1. The summed E-state index contributed by atoms with van der Waals surface area (Å²) in [5.74, 6) is -0.984. The number of carbonyl (C=O) groups is 3. The lowest BCUT2D eigenvalue weighted by molar-refractivity contribution is -0.146. The van der Waals surface area contributed by atoms with Crippen molar-refractivity contribution in [1.82, 2.24) is 9.80 Å². The second-order valence-corrected chi connectivity index (χ2v) is 7.90. The normalized spacial score (nSPS) is 20.0. The summed E-state index contributed by atoms with van der Waals surface area (Å²) in [7, 11) is 0. The quantitative estimate of drug-likeness (QED) is 0.710. The third kappa shape index (κ3) is 4.12. The van der Waals surface area contributed by atoms with Crippen LogP contribution in [-0.2, 0) is 20.9 Å². The van der Waals surface area contributed by atoms with Gasteiger partial charge in [0, 0.05) is 45.1 Å². The first-order valence-electron chi connectivity index (χ1n) is 9.70. The van der Waals surface area contributed by atoms with Crippen molar-refractivity contribution in [2.45, 2.75) is 13.0 Å². The highest BCUT2D eigenvalue weighted by Crippen LogP contribution is 2.28.